The lowest BCUT2D eigenvalue weighted by atomic mass is 10.1. The predicted molar refractivity (Wildman–Crippen MR) is 107 cm³/mol. The van der Waals surface area contributed by atoms with Gasteiger partial charge in [0.05, 0.1) is 20.3 Å². The third-order valence-corrected chi connectivity index (χ3v) is 5.00. The zero-order valence-corrected chi connectivity index (χ0v) is 16.3. The number of carbonyl (C=O) groups is 1. The topological polar surface area (TPSA) is 50.8 Å². The highest BCUT2D eigenvalue weighted by Gasteiger charge is 2.13. The number of nitrogens with one attached hydrogen (secondary N) is 1. The number of methoxy groups -OCH3 is 1. The number of anilines is 1. The first-order chi connectivity index (χ1) is 13.2. The number of hydrogen-bond acceptors (Lipinski definition) is 4. The minimum Gasteiger partial charge on any atom is -0.496 e. The molecule has 1 amide bonds. The van der Waals surface area contributed by atoms with E-state index in [0.29, 0.717) is 17.9 Å². The summed E-state index contributed by atoms with van der Waals surface area (Å²) in [6.45, 7) is 4.15. The Morgan fingerprint density at radius 1 is 1.19 bits per heavy atom. The van der Waals surface area contributed by atoms with Crippen molar-refractivity contribution in [2.45, 2.75) is 19.4 Å². The number of aryl methyl sites for hydroxylation is 1. The van der Waals surface area contributed by atoms with Crippen LogP contribution in [0.5, 0.6) is 5.75 Å². The molecule has 1 aliphatic heterocycles. The summed E-state index contributed by atoms with van der Waals surface area (Å²) in [6.07, 6.45) is 1.01. The average Bonchev–Trinajstić information content (AvgIpc) is 2.69. The van der Waals surface area contributed by atoms with E-state index in [1.807, 2.05) is 42.5 Å². The number of hydrogen-bond donors (Lipinski definition) is 1. The Morgan fingerprint density at radius 2 is 1.96 bits per heavy atom. The molecule has 0 bridgehead atoms. The van der Waals surface area contributed by atoms with E-state index in [1.165, 1.54) is 0 Å². The Morgan fingerprint density at radius 3 is 2.70 bits per heavy atom. The Kier molecular flexibility index (Phi) is 7.10. The average molecular weight is 389 g/mol. The summed E-state index contributed by atoms with van der Waals surface area (Å²) in [5.74, 6) is 0.763. The molecule has 1 aliphatic rings. The molecule has 0 aliphatic carbocycles. The van der Waals surface area contributed by atoms with Gasteiger partial charge in [0.2, 0.25) is 5.91 Å². The van der Waals surface area contributed by atoms with Crippen molar-refractivity contribution in [1.29, 1.82) is 0 Å². The minimum absolute atomic E-state index is 0.0436. The molecule has 0 unspecified atom stereocenters. The Labute approximate surface area is 165 Å². The number of benzene rings is 2. The lowest BCUT2D eigenvalue weighted by Gasteiger charge is -2.27. The number of nitrogens with zero attached hydrogens (tertiary/aromatic N) is 1. The third-order valence-electron chi connectivity index (χ3n) is 4.65. The first-order valence-corrected chi connectivity index (χ1v) is 9.54. The van der Waals surface area contributed by atoms with Crippen molar-refractivity contribution >= 4 is 23.2 Å². The van der Waals surface area contributed by atoms with Gasteiger partial charge in [-0.15, -0.1) is 0 Å². The Hall–Kier alpha value is -2.08. The smallest absolute Gasteiger partial charge is 0.224 e. The van der Waals surface area contributed by atoms with E-state index in [2.05, 4.69) is 10.2 Å². The quantitative estimate of drug-likeness (QED) is 0.784. The van der Waals surface area contributed by atoms with E-state index in [9.17, 15) is 4.79 Å². The van der Waals surface area contributed by atoms with Crippen molar-refractivity contribution in [1.82, 2.24) is 4.90 Å². The lowest BCUT2D eigenvalue weighted by molar-refractivity contribution is -0.116. The zero-order valence-electron chi connectivity index (χ0n) is 15.5. The van der Waals surface area contributed by atoms with E-state index in [1.54, 1.807) is 7.11 Å². The van der Waals surface area contributed by atoms with E-state index >= 15 is 0 Å². The fraction of sp³-hybridized carbons (Fsp3) is 0.381. The number of para-hydroxylation sites is 1. The van der Waals surface area contributed by atoms with Gasteiger partial charge in [-0.25, -0.2) is 0 Å². The van der Waals surface area contributed by atoms with E-state index in [0.717, 1.165) is 55.4 Å². The van der Waals surface area contributed by atoms with Gasteiger partial charge < -0.3 is 14.8 Å². The SMILES string of the molecule is COc1ccccc1CCC(=O)Nc1ccc(CN2CCOCC2)c(Cl)c1. The van der Waals surface area contributed by atoms with Crippen molar-refractivity contribution in [3.05, 3.63) is 58.6 Å². The van der Waals surface area contributed by atoms with Crippen molar-refractivity contribution in [3.8, 4) is 5.75 Å². The minimum atomic E-state index is -0.0436. The van der Waals surface area contributed by atoms with Crippen LogP contribution >= 0.6 is 11.6 Å². The molecule has 1 saturated heterocycles. The van der Waals surface area contributed by atoms with Crippen molar-refractivity contribution in [2.75, 3.05) is 38.7 Å². The van der Waals surface area contributed by atoms with Crippen molar-refractivity contribution in [2.24, 2.45) is 0 Å². The maximum Gasteiger partial charge on any atom is 0.224 e. The second-order valence-corrected chi connectivity index (χ2v) is 6.96. The summed E-state index contributed by atoms with van der Waals surface area (Å²) in [5.41, 5.74) is 2.80. The maximum atomic E-state index is 12.3. The van der Waals surface area contributed by atoms with Crippen LogP contribution in [0.2, 0.25) is 5.02 Å². The van der Waals surface area contributed by atoms with Crippen LogP contribution in [0.25, 0.3) is 0 Å². The van der Waals surface area contributed by atoms with Crippen LogP contribution in [0.3, 0.4) is 0 Å². The molecule has 6 heteroatoms. The molecule has 1 N–H and O–H groups in total. The van der Waals surface area contributed by atoms with Gasteiger partial charge in [0, 0.05) is 36.8 Å². The molecule has 0 radical (unpaired) electrons. The monoisotopic (exact) mass is 388 g/mol. The van der Waals surface area contributed by atoms with Gasteiger partial charge in [-0.2, -0.15) is 0 Å². The molecule has 1 fully saturated rings. The molecule has 27 heavy (non-hydrogen) atoms. The van der Waals surface area contributed by atoms with E-state index in [4.69, 9.17) is 21.1 Å². The van der Waals surface area contributed by atoms with Crippen LogP contribution in [0.1, 0.15) is 17.5 Å². The summed E-state index contributed by atoms with van der Waals surface area (Å²) in [5, 5.41) is 3.59. The fourth-order valence-corrected chi connectivity index (χ4v) is 3.37. The first-order valence-electron chi connectivity index (χ1n) is 9.16. The van der Waals surface area contributed by atoms with Gasteiger partial charge in [-0.05, 0) is 35.7 Å². The maximum absolute atomic E-state index is 12.3. The molecule has 1 heterocycles. The highest BCUT2D eigenvalue weighted by atomic mass is 35.5. The molecule has 0 saturated carbocycles. The van der Waals surface area contributed by atoms with Gasteiger partial charge in [0.15, 0.2) is 0 Å². The van der Waals surface area contributed by atoms with Gasteiger partial charge in [-0.3, -0.25) is 9.69 Å². The fourth-order valence-electron chi connectivity index (χ4n) is 3.13. The molecule has 0 aromatic heterocycles. The first kappa shape index (κ1) is 19.7. The summed E-state index contributed by atoms with van der Waals surface area (Å²) in [6, 6.07) is 13.4. The standard InChI is InChI=1S/C21H25ClN2O3/c1-26-20-5-3-2-4-16(20)7-9-21(25)23-18-8-6-17(19(22)14-18)15-24-10-12-27-13-11-24/h2-6,8,14H,7,9-13,15H2,1H3,(H,23,25). The second-order valence-electron chi connectivity index (χ2n) is 6.55. The molecule has 0 atom stereocenters. The Bertz CT molecular complexity index is 776. The Balaban J connectivity index is 1.53. The summed E-state index contributed by atoms with van der Waals surface area (Å²) in [4.78, 5) is 14.6. The van der Waals surface area contributed by atoms with E-state index < -0.39 is 0 Å². The summed E-state index contributed by atoms with van der Waals surface area (Å²) < 4.78 is 10.7. The molecular formula is C21H25ClN2O3. The van der Waals surface area contributed by atoms with Gasteiger partial charge in [0.1, 0.15) is 5.75 Å². The largest absolute Gasteiger partial charge is 0.496 e. The van der Waals surface area contributed by atoms with Crippen LogP contribution in [0.4, 0.5) is 5.69 Å². The number of amides is 1. The number of ether oxygens (including phenoxy) is 2. The number of halogens is 1. The molecule has 0 spiro atoms. The molecule has 3 rings (SSSR count). The van der Waals surface area contributed by atoms with Crippen LogP contribution in [0.15, 0.2) is 42.5 Å². The normalized spacial score (nSPS) is 14.7. The van der Waals surface area contributed by atoms with Gasteiger partial charge in [0.25, 0.3) is 0 Å². The molecule has 144 valence electrons. The zero-order chi connectivity index (χ0) is 19.1. The summed E-state index contributed by atoms with van der Waals surface area (Å²) >= 11 is 6.42. The molecule has 5 nitrogen and oxygen atoms in total. The van der Waals surface area contributed by atoms with Crippen molar-refractivity contribution in [3.63, 3.8) is 0 Å². The van der Waals surface area contributed by atoms with Crippen LogP contribution in [0, 0.1) is 0 Å². The number of morpholine rings is 1. The number of rotatable bonds is 7. The molecule has 2 aromatic carbocycles. The van der Waals surface area contributed by atoms with Gasteiger partial charge >= 0.3 is 0 Å². The van der Waals surface area contributed by atoms with Crippen molar-refractivity contribution < 1.29 is 14.3 Å². The lowest BCUT2D eigenvalue weighted by Crippen LogP contribution is -2.35. The molecular weight excluding hydrogens is 364 g/mol. The van der Waals surface area contributed by atoms with E-state index in [-0.39, 0.29) is 5.91 Å². The van der Waals surface area contributed by atoms with Crippen LogP contribution in [-0.4, -0.2) is 44.2 Å². The molecule has 2 aromatic rings. The highest BCUT2D eigenvalue weighted by molar-refractivity contribution is 6.31. The van der Waals surface area contributed by atoms with Crippen LogP contribution < -0.4 is 10.1 Å². The van der Waals surface area contributed by atoms with Crippen LogP contribution in [-0.2, 0) is 22.5 Å². The number of carbonyl (C=O) groups excluding carboxylic acids is 1. The third kappa shape index (κ3) is 5.70. The van der Waals surface area contributed by atoms with Gasteiger partial charge in [-0.1, -0.05) is 35.9 Å². The second kappa shape index (κ2) is 9.74. The summed E-state index contributed by atoms with van der Waals surface area (Å²) in [7, 11) is 1.64. The highest BCUT2D eigenvalue weighted by Crippen LogP contribution is 2.23. The predicted octanol–water partition coefficient (Wildman–Crippen LogP) is 3.75.